The van der Waals surface area contributed by atoms with Crippen LogP contribution in [0.2, 0.25) is 5.02 Å². The van der Waals surface area contributed by atoms with Crippen molar-refractivity contribution in [3.8, 4) is 0 Å². The van der Waals surface area contributed by atoms with E-state index in [9.17, 15) is 4.79 Å². The molecular weight excluding hydrogens is 286 g/mol. The number of nitrogens with zero attached hydrogens (tertiary/aromatic N) is 2. The van der Waals surface area contributed by atoms with Gasteiger partial charge in [-0.05, 0) is 26.0 Å². The van der Waals surface area contributed by atoms with E-state index in [1.165, 1.54) is 7.11 Å². The van der Waals surface area contributed by atoms with Gasteiger partial charge in [0, 0.05) is 6.54 Å². The molecule has 0 aliphatic heterocycles. The lowest BCUT2D eigenvalue weighted by molar-refractivity contribution is -0.149. The molecule has 0 saturated heterocycles. The lowest BCUT2D eigenvalue weighted by atomic mass is 9.93. The van der Waals surface area contributed by atoms with Crippen LogP contribution in [0.1, 0.15) is 13.8 Å². The Labute approximate surface area is 120 Å². The second-order valence-corrected chi connectivity index (χ2v) is 5.72. The average Bonchev–Trinajstić information content (AvgIpc) is 2.84. The first kappa shape index (κ1) is 14.0. The van der Waals surface area contributed by atoms with Crippen molar-refractivity contribution in [1.82, 2.24) is 8.75 Å². The van der Waals surface area contributed by atoms with Gasteiger partial charge in [0.2, 0.25) is 0 Å². The molecule has 2 aromatic rings. The minimum Gasteiger partial charge on any atom is -0.469 e. The molecule has 0 radical (unpaired) electrons. The highest BCUT2D eigenvalue weighted by Gasteiger charge is 2.29. The number of nitrogens with one attached hydrogen (secondary N) is 1. The maximum Gasteiger partial charge on any atom is 0.313 e. The normalized spacial score (nSPS) is 11.6. The Morgan fingerprint density at radius 1 is 1.47 bits per heavy atom. The largest absolute Gasteiger partial charge is 0.469 e. The standard InChI is InChI=1S/C12H14ClN3O2S/c1-12(2,11(17)18-3)6-14-9-7(13)4-5-8-10(9)16-19-15-8/h4-5,14H,6H2,1-3H3. The Morgan fingerprint density at radius 2 is 2.21 bits per heavy atom. The summed E-state index contributed by atoms with van der Waals surface area (Å²) in [5.74, 6) is -0.278. The van der Waals surface area contributed by atoms with Crippen LogP contribution in [0.4, 0.5) is 5.69 Å². The molecule has 1 heterocycles. The third kappa shape index (κ3) is 2.79. The van der Waals surface area contributed by atoms with Crippen molar-refractivity contribution in [2.75, 3.05) is 19.0 Å². The van der Waals surface area contributed by atoms with E-state index in [0.29, 0.717) is 17.3 Å². The zero-order valence-corrected chi connectivity index (χ0v) is 12.4. The molecule has 0 spiro atoms. The van der Waals surface area contributed by atoms with E-state index in [1.54, 1.807) is 19.9 Å². The number of hydrogen-bond acceptors (Lipinski definition) is 6. The number of aromatic nitrogens is 2. The predicted octanol–water partition coefficient (Wildman–Crippen LogP) is 2.96. The number of methoxy groups -OCH3 is 1. The van der Waals surface area contributed by atoms with Gasteiger partial charge < -0.3 is 10.1 Å². The zero-order valence-electron chi connectivity index (χ0n) is 10.9. The van der Waals surface area contributed by atoms with Crippen LogP contribution in [0, 0.1) is 5.41 Å². The summed E-state index contributed by atoms with van der Waals surface area (Å²) in [7, 11) is 1.38. The number of ether oxygens (including phenoxy) is 1. The fourth-order valence-electron chi connectivity index (χ4n) is 1.65. The van der Waals surface area contributed by atoms with Crippen molar-refractivity contribution in [2.45, 2.75) is 13.8 Å². The van der Waals surface area contributed by atoms with Crippen molar-refractivity contribution >= 4 is 46.0 Å². The molecule has 0 atom stereocenters. The molecule has 0 aliphatic carbocycles. The summed E-state index contributed by atoms with van der Waals surface area (Å²) in [6.07, 6.45) is 0. The van der Waals surface area contributed by atoms with Crippen LogP contribution in [0.5, 0.6) is 0 Å². The number of anilines is 1. The quantitative estimate of drug-likeness (QED) is 0.879. The molecule has 1 aromatic carbocycles. The summed E-state index contributed by atoms with van der Waals surface area (Å²) < 4.78 is 13.1. The van der Waals surface area contributed by atoms with Crippen molar-refractivity contribution in [2.24, 2.45) is 5.41 Å². The van der Waals surface area contributed by atoms with Gasteiger partial charge in [-0.1, -0.05) is 11.6 Å². The van der Waals surface area contributed by atoms with Crippen LogP contribution in [-0.2, 0) is 9.53 Å². The van der Waals surface area contributed by atoms with Gasteiger partial charge in [-0.25, -0.2) is 0 Å². The van der Waals surface area contributed by atoms with E-state index in [-0.39, 0.29) is 5.97 Å². The molecule has 2 rings (SSSR count). The van der Waals surface area contributed by atoms with Gasteiger partial charge in [0.25, 0.3) is 0 Å². The first-order valence-corrected chi connectivity index (χ1v) is 6.79. The summed E-state index contributed by atoms with van der Waals surface area (Å²) in [6, 6.07) is 3.58. The fraction of sp³-hybridized carbons (Fsp3) is 0.417. The van der Waals surface area contributed by atoms with E-state index >= 15 is 0 Å². The molecule has 7 heteroatoms. The van der Waals surface area contributed by atoms with Crippen LogP contribution in [0.3, 0.4) is 0 Å². The molecule has 0 fully saturated rings. The number of fused-ring (bicyclic) bond motifs is 1. The highest BCUT2D eigenvalue weighted by atomic mass is 35.5. The maximum atomic E-state index is 11.6. The molecule has 19 heavy (non-hydrogen) atoms. The van der Waals surface area contributed by atoms with Crippen LogP contribution in [0.25, 0.3) is 11.0 Å². The summed E-state index contributed by atoms with van der Waals surface area (Å²) >= 11 is 7.29. The molecule has 0 unspecified atom stereocenters. The number of esters is 1. The monoisotopic (exact) mass is 299 g/mol. The lowest BCUT2D eigenvalue weighted by Crippen LogP contribution is -2.33. The number of carbonyl (C=O) groups is 1. The Kier molecular flexibility index (Phi) is 3.91. The zero-order chi connectivity index (χ0) is 14.0. The second kappa shape index (κ2) is 5.30. The number of benzene rings is 1. The highest BCUT2D eigenvalue weighted by molar-refractivity contribution is 7.00. The van der Waals surface area contributed by atoms with Gasteiger partial charge in [-0.3, -0.25) is 4.79 Å². The Hall–Kier alpha value is -1.40. The van der Waals surface area contributed by atoms with Gasteiger partial charge >= 0.3 is 5.97 Å². The van der Waals surface area contributed by atoms with Gasteiger partial charge in [0.05, 0.1) is 35.0 Å². The van der Waals surface area contributed by atoms with E-state index in [2.05, 4.69) is 14.1 Å². The van der Waals surface area contributed by atoms with Crippen molar-refractivity contribution in [3.63, 3.8) is 0 Å². The molecular formula is C12H14ClN3O2S. The molecule has 0 aliphatic rings. The maximum absolute atomic E-state index is 11.6. The highest BCUT2D eigenvalue weighted by Crippen LogP contribution is 2.31. The second-order valence-electron chi connectivity index (χ2n) is 4.78. The average molecular weight is 300 g/mol. The smallest absolute Gasteiger partial charge is 0.313 e. The minimum absolute atomic E-state index is 0.278. The van der Waals surface area contributed by atoms with Crippen LogP contribution in [0.15, 0.2) is 12.1 Å². The summed E-state index contributed by atoms with van der Waals surface area (Å²) in [5.41, 5.74) is 1.56. The molecule has 5 nitrogen and oxygen atoms in total. The molecule has 102 valence electrons. The van der Waals surface area contributed by atoms with Crippen LogP contribution < -0.4 is 5.32 Å². The van der Waals surface area contributed by atoms with Crippen LogP contribution in [-0.4, -0.2) is 28.4 Å². The molecule has 0 amide bonds. The van der Waals surface area contributed by atoms with Gasteiger partial charge in [-0.2, -0.15) is 8.75 Å². The van der Waals surface area contributed by atoms with Crippen LogP contribution >= 0.6 is 23.3 Å². The first-order chi connectivity index (χ1) is 8.95. The number of rotatable bonds is 4. The van der Waals surface area contributed by atoms with E-state index in [4.69, 9.17) is 16.3 Å². The third-order valence-corrected chi connectivity index (χ3v) is 3.68. The molecule has 0 bridgehead atoms. The van der Waals surface area contributed by atoms with Gasteiger partial charge in [-0.15, -0.1) is 0 Å². The third-order valence-electron chi connectivity index (χ3n) is 2.82. The van der Waals surface area contributed by atoms with E-state index in [0.717, 1.165) is 22.8 Å². The number of hydrogen-bond donors (Lipinski definition) is 1. The number of carbonyl (C=O) groups excluding carboxylic acids is 1. The molecule has 1 aromatic heterocycles. The van der Waals surface area contributed by atoms with E-state index < -0.39 is 5.41 Å². The summed E-state index contributed by atoms with van der Waals surface area (Å²) in [6.45, 7) is 4.01. The minimum atomic E-state index is -0.649. The fourth-order valence-corrected chi connectivity index (χ4v) is 2.41. The Balaban J connectivity index is 2.24. The summed E-state index contributed by atoms with van der Waals surface area (Å²) in [4.78, 5) is 11.6. The Bertz CT molecular complexity index is 612. The molecule has 1 N–H and O–H groups in total. The number of halogens is 1. The summed E-state index contributed by atoms with van der Waals surface area (Å²) in [5, 5.41) is 3.73. The first-order valence-electron chi connectivity index (χ1n) is 5.69. The van der Waals surface area contributed by atoms with Crippen molar-refractivity contribution in [3.05, 3.63) is 17.2 Å². The SMILES string of the molecule is COC(=O)C(C)(C)CNc1c(Cl)ccc2nsnc12. The van der Waals surface area contributed by atoms with Gasteiger partial charge in [0.1, 0.15) is 11.0 Å². The predicted molar refractivity (Wildman–Crippen MR) is 76.7 cm³/mol. The van der Waals surface area contributed by atoms with E-state index in [1.807, 2.05) is 6.07 Å². The lowest BCUT2D eigenvalue weighted by Gasteiger charge is -2.22. The van der Waals surface area contributed by atoms with Crippen molar-refractivity contribution < 1.29 is 9.53 Å². The topological polar surface area (TPSA) is 64.1 Å². The molecule has 0 saturated carbocycles. The van der Waals surface area contributed by atoms with Crippen molar-refractivity contribution in [1.29, 1.82) is 0 Å². The van der Waals surface area contributed by atoms with Gasteiger partial charge in [0.15, 0.2) is 0 Å². The Morgan fingerprint density at radius 3 is 2.89 bits per heavy atom.